The Kier molecular flexibility index (Phi) is 4.50. The van der Waals surface area contributed by atoms with Gasteiger partial charge < -0.3 is 14.6 Å². The van der Waals surface area contributed by atoms with Crippen LogP contribution in [-0.4, -0.2) is 34.4 Å². The summed E-state index contributed by atoms with van der Waals surface area (Å²) in [5.74, 6) is 0.616. The first kappa shape index (κ1) is 16.0. The molecule has 1 aliphatic rings. The van der Waals surface area contributed by atoms with Crippen LogP contribution < -0.4 is 16.0 Å². The van der Waals surface area contributed by atoms with Crippen molar-refractivity contribution in [1.82, 2.24) is 14.9 Å². The smallest absolute Gasteiger partial charge is 0.325 e. The molecule has 1 atom stereocenters. The highest BCUT2D eigenvalue weighted by Crippen LogP contribution is 2.37. The number of para-hydroxylation sites is 1. The monoisotopic (exact) mass is 329 g/mol. The van der Waals surface area contributed by atoms with Crippen molar-refractivity contribution in [3.05, 3.63) is 62.4 Å². The van der Waals surface area contributed by atoms with E-state index in [2.05, 4.69) is 9.97 Å². The number of benzene rings is 1. The van der Waals surface area contributed by atoms with Gasteiger partial charge in [0.15, 0.2) is 0 Å². The molecule has 7 nitrogen and oxygen atoms in total. The summed E-state index contributed by atoms with van der Waals surface area (Å²) in [6.45, 7) is 0.642. The zero-order valence-corrected chi connectivity index (χ0v) is 13.4. The second-order valence-electron chi connectivity index (χ2n) is 5.76. The Hall–Kier alpha value is -2.83. The molecule has 24 heavy (non-hydrogen) atoms. The van der Waals surface area contributed by atoms with Gasteiger partial charge in [0.05, 0.1) is 19.6 Å². The summed E-state index contributed by atoms with van der Waals surface area (Å²) in [4.78, 5) is 41.8. The van der Waals surface area contributed by atoms with E-state index in [1.54, 1.807) is 12.0 Å². The zero-order valence-electron chi connectivity index (χ0n) is 13.4. The number of nitrogens with one attached hydrogen (secondary N) is 2. The Bertz CT molecular complexity index is 855. The van der Waals surface area contributed by atoms with Crippen LogP contribution in [0.3, 0.4) is 0 Å². The highest BCUT2D eigenvalue weighted by Gasteiger charge is 2.31. The molecule has 126 valence electrons. The third-order valence-electron chi connectivity index (χ3n) is 4.31. The van der Waals surface area contributed by atoms with E-state index in [-0.39, 0.29) is 23.9 Å². The van der Waals surface area contributed by atoms with Gasteiger partial charge in [-0.25, -0.2) is 4.79 Å². The summed E-state index contributed by atoms with van der Waals surface area (Å²) in [6, 6.07) is 7.59. The Morgan fingerprint density at radius 2 is 2.12 bits per heavy atom. The van der Waals surface area contributed by atoms with Gasteiger partial charge in [-0.1, -0.05) is 18.2 Å². The number of hydrogen-bond donors (Lipinski definition) is 2. The van der Waals surface area contributed by atoms with E-state index < -0.39 is 11.2 Å². The molecule has 1 unspecified atom stereocenters. The molecule has 1 aliphatic heterocycles. The number of methoxy groups -OCH3 is 1. The van der Waals surface area contributed by atoms with Crippen molar-refractivity contribution in [2.75, 3.05) is 13.7 Å². The maximum atomic E-state index is 12.7. The molecule has 1 saturated heterocycles. The van der Waals surface area contributed by atoms with Gasteiger partial charge in [0, 0.05) is 23.9 Å². The van der Waals surface area contributed by atoms with Crippen molar-refractivity contribution in [1.29, 1.82) is 0 Å². The standard InChI is InChI=1S/C17H19N3O4/c1-24-14-7-3-2-5-12(14)13-6-4-8-20(13)15(21)9-11-10-18-17(23)19-16(11)22/h2-3,5,7,10,13H,4,6,8-9H2,1H3,(H2,18,19,22,23). The van der Waals surface area contributed by atoms with Crippen molar-refractivity contribution in [3.63, 3.8) is 0 Å². The Morgan fingerprint density at radius 1 is 1.33 bits per heavy atom. The van der Waals surface area contributed by atoms with E-state index in [4.69, 9.17) is 4.74 Å². The first-order valence-electron chi connectivity index (χ1n) is 7.83. The Labute approximate surface area is 138 Å². The fourth-order valence-electron chi connectivity index (χ4n) is 3.16. The number of aromatic nitrogens is 2. The Morgan fingerprint density at radius 3 is 2.88 bits per heavy atom. The molecule has 7 heteroatoms. The van der Waals surface area contributed by atoms with E-state index in [0.29, 0.717) is 6.54 Å². The van der Waals surface area contributed by atoms with E-state index in [1.165, 1.54) is 6.20 Å². The molecule has 1 fully saturated rings. The highest BCUT2D eigenvalue weighted by atomic mass is 16.5. The van der Waals surface area contributed by atoms with Crippen LogP contribution in [0.15, 0.2) is 40.1 Å². The van der Waals surface area contributed by atoms with Crippen LogP contribution in [0, 0.1) is 0 Å². The number of carbonyl (C=O) groups is 1. The summed E-state index contributed by atoms with van der Waals surface area (Å²) in [6.07, 6.45) is 3.01. The minimum Gasteiger partial charge on any atom is -0.496 e. The molecule has 3 rings (SSSR count). The third-order valence-corrected chi connectivity index (χ3v) is 4.31. The lowest BCUT2D eigenvalue weighted by Crippen LogP contribution is -2.34. The molecule has 0 bridgehead atoms. The molecule has 0 saturated carbocycles. The molecule has 1 aromatic heterocycles. The minimum atomic E-state index is -0.579. The van der Waals surface area contributed by atoms with Gasteiger partial charge in [-0.05, 0) is 18.9 Å². The average molecular weight is 329 g/mol. The van der Waals surface area contributed by atoms with Crippen molar-refractivity contribution in [2.24, 2.45) is 0 Å². The molecule has 2 N–H and O–H groups in total. The number of hydrogen-bond acceptors (Lipinski definition) is 4. The van der Waals surface area contributed by atoms with Crippen LogP contribution in [0.4, 0.5) is 0 Å². The fourth-order valence-corrected chi connectivity index (χ4v) is 3.16. The van der Waals surface area contributed by atoms with E-state index >= 15 is 0 Å². The summed E-state index contributed by atoms with van der Waals surface area (Å²) in [7, 11) is 1.61. The molecule has 1 aromatic carbocycles. The van der Waals surface area contributed by atoms with Crippen LogP contribution in [0.5, 0.6) is 5.75 Å². The number of H-pyrrole nitrogens is 2. The van der Waals surface area contributed by atoms with Crippen molar-refractivity contribution < 1.29 is 9.53 Å². The number of aromatic amines is 2. The maximum absolute atomic E-state index is 12.7. The maximum Gasteiger partial charge on any atom is 0.325 e. The molecular formula is C17H19N3O4. The lowest BCUT2D eigenvalue weighted by molar-refractivity contribution is -0.131. The molecular weight excluding hydrogens is 310 g/mol. The van der Waals surface area contributed by atoms with Crippen LogP contribution in [-0.2, 0) is 11.2 Å². The lowest BCUT2D eigenvalue weighted by atomic mass is 10.0. The zero-order chi connectivity index (χ0) is 17.1. The summed E-state index contributed by atoms with van der Waals surface area (Å²) in [5, 5.41) is 0. The number of carbonyl (C=O) groups excluding carboxylic acids is 1. The first-order valence-corrected chi connectivity index (χ1v) is 7.83. The third kappa shape index (κ3) is 3.10. The van der Waals surface area contributed by atoms with Gasteiger partial charge in [0.2, 0.25) is 5.91 Å². The second-order valence-corrected chi connectivity index (χ2v) is 5.76. The van der Waals surface area contributed by atoms with Gasteiger partial charge in [-0.3, -0.25) is 14.6 Å². The van der Waals surface area contributed by atoms with Crippen LogP contribution in [0.25, 0.3) is 0 Å². The van der Waals surface area contributed by atoms with Gasteiger partial charge in [0.1, 0.15) is 5.75 Å². The summed E-state index contributed by atoms with van der Waals surface area (Å²) >= 11 is 0. The first-order chi connectivity index (χ1) is 11.6. The topological polar surface area (TPSA) is 95.3 Å². The molecule has 0 aliphatic carbocycles. The predicted octanol–water partition coefficient (Wildman–Crippen LogP) is 0.978. The highest BCUT2D eigenvalue weighted by molar-refractivity contribution is 5.79. The molecule has 0 radical (unpaired) electrons. The average Bonchev–Trinajstić information content (AvgIpc) is 3.07. The van der Waals surface area contributed by atoms with E-state index in [9.17, 15) is 14.4 Å². The van der Waals surface area contributed by atoms with Crippen molar-refractivity contribution in [3.8, 4) is 5.75 Å². The SMILES string of the molecule is COc1ccccc1C1CCCN1C(=O)Cc1c[nH]c(=O)[nH]c1=O. The summed E-state index contributed by atoms with van der Waals surface area (Å²) < 4.78 is 5.40. The number of amides is 1. The summed E-state index contributed by atoms with van der Waals surface area (Å²) in [5.41, 5.74) is 0.121. The molecule has 2 aromatic rings. The fraction of sp³-hybridized carbons (Fsp3) is 0.353. The van der Waals surface area contributed by atoms with Gasteiger partial charge in [-0.2, -0.15) is 0 Å². The second kappa shape index (κ2) is 6.74. The molecule has 2 heterocycles. The van der Waals surface area contributed by atoms with E-state index in [0.717, 1.165) is 24.2 Å². The minimum absolute atomic E-state index is 0.0439. The number of likely N-dealkylation sites (tertiary alicyclic amines) is 1. The lowest BCUT2D eigenvalue weighted by Gasteiger charge is -2.26. The van der Waals surface area contributed by atoms with E-state index in [1.807, 2.05) is 24.3 Å². The van der Waals surface area contributed by atoms with Gasteiger partial charge >= 0.3 is 5.69 Å². The van der Waals surface area contributed by atoms with Crippen LogP contribution in [0.2, 0.25) is 0 Å². The number of rotatable bonds is 4. The molecule has 0 spiro atoms. The number of ether oxygens (including phenoxy) is 1. The van der Waals surface area contributed by atoms with Crippen LogP contribution in [0.1, 0.15) is 30.0 Å². The van der Waals surface area contributed by atoms with Crippen molar-refractivity contribution in [2.45, 2.75) is 25.3 Å². The van der Waals surface area contributed by atoms with Gasteiger partial charge in [-0.15, -0.1) is 0 Å². The Balaban J connectivity index is 1.83. The normalized spacial score (nSPS) is 17.0. The quantitative estimate of drug-likeness (QED) is 0.874. The van der Waals surface area contributed by atoms with Crippen molar-refractivity contribution >= 4 is 5.91 Å². The van der Waals surface area contributed by atoms with Gasteiger partial charge in [0.25, 0.3) is 5.56 Å². The molecule has 1 amide bonds. The number of nitrogens with zero attached hydrogens (tertiary/aromatic N) is 1. The predicted molar refractivity (Wildman–Crippen MR) is 88.1 cm³/mol. The van der Waals surface area contributed by atoms with Crippen LogP contribution >= 0.6 is 0 Å². The largest absolute Gasteiger partial charge is 0.496 e.